The highest BCUT2D eigenvalue weighted by Gasteiger charge is 2.19. The van der Waals surface area contributed by atoms with E-state index in [0.29, 0.717) is 19.5 Å². The first-order valence-electron chi connectivity index (χ1n) is 9.25. The van der Waals surface area contributed by atoms with Gasteiger partial charge in [-0.1, -0.05) is 54.6 Å². The van der Waals surface area contributed by atoms with E-state index in [-0.39, 0.29) is 11.8 Å². The highest BCUT2D eigenvalue weighted by molar-refractivity contribution is 5.77. The van der Waals surface area contributed by atoms with Crippen molar-refractivity contribution >= 4 is 11.6 Å². The van der Waals surface area contributed by atoms with E-state index in [4.69, 9.17) is 0 Å². The number of rotatable bonds is 8. The molecule has 1 aromatic heterocycles. The van der Waals surface area contributed by atoms with Crippen LogP contribution in [0.2, 0.25) is 0 Å². The molecule has 3 aromatic rings. The predicted molar refractivity (Wildman–Crippen MR) is 110 cm³/mol. The second-order valence-corrected chi connectivity index (χ2v) is 6.54. The van der Waals surface area contributed by atoms with Crippen molar-refractivity contribution in [2.75, 3.05) is 18.4 Å². The van der Waals surface area contributed by atoms with Gasteiger partial charge in [0.05, 0.1) is 5.69 Å². The molecule has 1 amide bonds. The Balaban J connectivity index is 1.60. The van der Waals surface area contributed by atoms with Crippen molar-refractivity contribution in [1.29, 1.82) is 0 Å². The number of pyridine rings is 1. The van der Waals surface area contributed by atoms with E-state index in [9.17, 15) is 4.79 Å². The number of nitrogens with one attached hydrogen (secondary N) is 2. The van der Waals surface area contributed by atoms with Crippen LogP contribution in [-0.4, -0.2) is 24.0 Å². The fourth-order valence-corrected chi connectivity index (χ4v) is 3.20. The molecular weight excluding hydrogens is 334 g/mol. The van der Waals surface area contributed by atoms with Crippen LogP contribution in [-0.2, 0) is 4.79 Å². The Labute approximate surface area is 160 Å². The number of benzene rings is 2. The van der Waals surface area contributed by atoms with Crippen LogP contribution in [0.4, 0.5) is 5.69 Å². The summed E-state index contributed by atoms with van der Waals surface area (Å²) in [5.41, 5.74) is 4.52. The number of nitrogens with zero attached hydrogens (tertiary/aromatic N) is 1. The molecule has 0 radical (unpaired) electrons. The van der Waals surface area contributed by atoms with E-state index >= 15 is 0 Å². The van der Waals surface area contributed by atoms with E-state index in [1.165, 1.54) is 11.1 Å². The second kappa shape index (κ2) is 9.53. The zero-order valence-electron chi connectivity index (χ0n) is 15.6. The number of aromatic nitrogens is 1. The summed E-state index contributed by atoms with van der Waals surface area (Å²) in [4.78, 5) is 16.6. The Morgan fingerprint density at radius 3 is 2.48 bits per heavy atom. The van der Waals surface area contributed by atoms with Gasteiger partial charge in [-0.15, -0.1) is 0 Å². The van der Waals surface area contributed by atoms with Crippen molar-refractivity contribution in [2.24, 2.45) is 0 Å². The number of aryl methyl sites for hydroxylation is 1. The van der Waals surface area contributed by atoms with Crippen LogP contribution in [0.1, 0.15) is 29.0 Å². The average molecular weight is 359 g/mol. The third kappa shape index (κ3) is 5.42. The average Bonchev–Trinajstić information content (AvgIpc) is 2.71. The van der Waals surface area contributed by atoms with Gasteiger partial charge in [0.1, 0.15) is 0 Å². The van der Waals surface area contributed by atoms with E-state index in [2.05, 4.69) is 46.8 Å². The first-order chi connectivity index (χ1) is 13.2. The van der Waals surface area contributed by atoms with Crippen LogP contribution in [0.25, 0.3) is 0 Å². The molecule has 1 unspecified atom stereocenters. The standard InChI is InChI=1S/C23H25N3O/c1-18-8-5-6-12-21(18)22(19-9-3-2-4-10-19)16-23(27)26-15-14-25-20-11-7-13-24-17-20/h2-13,17,22,25H,14-16H2,1H3,(H,26,27). The van der Waals surface area contributed by atoms with Gasteiger partial charge >= 0.3 is 0 Å². The van der Waals surface area contributed by atoms with Crippen molar-refractivity contribution < 1.29 is 4.79 Å². The molecule has 0 aliphatic heterocycles. The van der Waals surface area contributed by atoms with Gasteiger partial charge in [0.15, 0.2) is 0 Å². The fraction of sp³-hybridized carbons (Fsp3) is 0.217. The predicted octanol–water partition coefficient (Wildman–Crippen LogP) is 4.14. The van der Waals surface area contributed by atoms with E-state index in [1.54, 1.807) is 12.4 Å². The summed E-state index contributed by atoms with van der Waals surface area (Å²) in [7, 11) is 0. The Kier molecular flexibility index (Phi) is 6.58. The lowest BCUT2D eigenvalue weighted by Gasteiger charge is -2.20. The third-order valence-corrected chi connectivity index (χ3v) is 4.59. The quantitative estimate of drug-likeness (QED) is 0.594. The molecule has 0 aliphatic carbocycles. The maximum atomic E-state index is 12.6. The second-order valence-electron chi connectivity index (χ2n) is 6.54. The molecule has 138 valence electrons. The molecule has 0 bridgehead atoms. The summed E-state index contributed by atoms with van der Waals surface area (Å²) in [5.74, 6) is 0.110. The summed E-state index contributed by atoms with van der Waals surface area (Å²) < 4.78 is 0. The van der Waals surface area contributed by atoms with Gasteiger partial charge in [-0.25, -0.2) is 0 Å². The number of anilines is 1. The lowest BCUT2D eigenvalue weighted by Crippen LogP contribution is -2.30. The van der Waals surface area contributed by atoms with Crippen molar-refractivity contribution in [3.63, 3.8) is 0 Å². The van der Waals surface area contributed by atoms with Crippen LogP contribution in [0.5, 0.6) is 0 Å². The van der Waals surface area contributed by atoms with Crippen molar-refractivity contribution in [3.8, 4) is 0 Å². The van der Waals surface area contributed by atoms with E-state index in [1.807, 2.05) is 42.5 Å². The number of hydrogen-bond acceptors (Lipinski definition) is 3. The molecule has 1 heterocycles. The van der Waals surface area contributed by atoms with Crippen LogP contribution in [0, 0.1) is 6.92 Å². The normalized spacial score (nSPS) is 11.6. The van der Waals surface area contributed by atoms with Crippen LogP contribution in [0.15, 0.2) is 79.1 Å². The Hall–Kier alpha value is -3.14. The molecule has 27 heavy (non-hydrogen) atoms. The molecule has 0 aliphatic rings. The monoisotopic (exact) mass is 359 g/mol. The van der Waals surface area contributed by atoms with E-state index < -0.39 is 0 Å². The Morgan fingerprint density at radius 1 is 0.963 bits per heavy atom. The molecular formula is C23H25N3O. The maximum absolute atomic E-state index is 12.6. The lowest BCUT2D eigenvalue weighted by atomic mass is 9.86. The van der Waals surface area contributed by atoms with Crippen molar-refractivity contribution in [3.05, 3.63) is 95.8 Å². The summed E-state index contributed by atoms with van der Waals surface area (Å²) >= 11 is 0. The minimum atomic E-state index is 0.0543. The number of amides is 1. The van der Waals surface area contributed by atoms with Crippen LogP contribution in [0.3, 0.4) is 0 Å². The molecule has 4 nitrogen and oxygen atoms in total. The Morgan fingerprint density at radius 2 is 1.74 bits per heavy atom. The molecule has 2 N–H and O–H groups in total. The lowest BCUT2D eigenvalue weighted by molar-refractivity contribution is -0.121. The minimum Gasteiger partial charge on any atom is -0.382 e. The van der Waals surface area contributed by atoms with Gasteiger partial charge < -0.3 is 10.6 Å². The molecule has 0 saturated carbocycles. The van der Waals surface area contributed by atoms with Gasteiger partial charge in [0.25, 0.3) is 0 Å². The SMILES string of the molecule is Cc1ccccc1C(CC(=O)NCCNc1cccnc1)c1ccccc1. The summed E-state index contributed by atoms with van der Waals surface area (Å²) in [6, 6.07) is 22.4. The first kappa shape index (κ1) is 18.6. The molecule has 0 fully saturated rings. The minimum absolute atomic E-state index is 0.0543. The number of hydrogen-bond donors (Lipinski definition) is 2. The molecule has 0 spiro atoms. The summed E-state index contributed by atoms with van der Waals surface area (Å²) in [6.07, 6.45) is 3.94. The topological polar surface area (TPSA) is 54.0 Å². The first-order valence-corrected chi connectivity index (χ1v) is 9.25. The van der Waals surface area contributed by atoms with Gasteiger partial charge in [0.2, 0.25) is 5.91 Å². The van der Waals surface area contributed by atoms with Gasteiger partial charge in [-0.2, -0.15) is 0 Å². The summed E-state index contributed by atoms with van der Waals surface area (Å²) in [6.45, 7) is 3.34. The molecule has 2 aromatic carbocycles. The zero-order valence-corrected chi connectivity index (χ0v) is 15.6. The number of carbonyl (C=O) groups excluding carboxylic acids is 1. The number of carbonyl (C=O) groups is 1. The maximum Gasteiger partial charge on any atom is 0.221 e. The van der Waals surface area contributed by atoms with Crippen molar-refractivity contribution in [2.45, 2.75) is 19.3 Å². The van der Waals surface area contributed by atoms with Gasteiger partial charge in [-0.3, -0.25) is 9.78 Å². The molecule has 0 saturated heterocycles. The largest absolute Gasteiger partial charge is 0.382 e. The smallest absolute Gasteiger partial charge is 0.221 e. The third-order valence-electron chi connectivity index (χ3n) is 4.59. The highest BCUT2D eigenvalue weighted by atomic mass is 16.1. The molecule has 1 atom stereocenters. The molecule has 3 rings (SSSR count). The molecule has 4 heteroatoms. The van der Waals surface area contributed by atoms with Crippen LogP contribution < -0.4 is 10.6 Å². The van der Waals surface area contributed by atoms with E-state index in [0.717, 1.165) is 11.3 Å². The summed E-state index contributed by atoms with van der Waals surface area (Å²) in [5, 5.41) is 6.27. The fourth-order valence-electron chi connectivity index (χ4n) is 3.20. The van der Waals surface area contributed by atoms with Crippen LogP contribution >= 0.6 is 0 Å². The zero-order chi connectivity index (χ0) is 18.9. The van der Waals surface area contributed by atoms with Crippen molar-refractivity contribution in [1.82, 2.24) is 10.3 Å². The Bertz CT molecular complexity index is 850. The highest BCUT2D eigenvalue weighted by Crippen LogP contribution is 2.30. The van der Waals surface area contributed by atoms with Gasteiger partial charge in [0, 0.05) is 37.8 Å². The van der Waals surface area contributed by atoms with Gasteiger partial charge in [-0.05, 0) is 35.7 Å².